The lowest BCUT2D eigenvalue weighted by Gasteiger charge is -2.06. The molecule has 8 heteroatoms. The van der Waals surface area contributed by atoms with E-state index in [0.717, 1.165) is 12.1 Å². The topological polar surface area (TPSA) is 68.5 Å². The highest BCUT2D eigenvalue weighted by molar-refractivity contribution is 5.75. The first-order chi connectivity index (χ1) is 9.72. The highest BCUT2D eigenvalue weighted by atomic mass is 19.2. The molecule has 3 aromatic rings. The molecule has 0 spiro atoms. The number of rotatable bonds is 4. The van der Waals surface area contributed by atoms with Crippen LogP contribution in [0.4, 0.5) is 14.6 Å². The number of benzene rings is 1. The normalized spacial score (nSPS) is 10.9. The molecule has 0 saturated heterocycles. The minimum absolute atomic E-state index is 0.301. The molecule has 0 aliphatic heterocycles. The van der Waals surface area contributed by atoms with Crippen molar-refractivity contribution in [3.63, 3.8) is 0 Å². The Morgan fingerprint density at radius 1 is 1.15 bits per heavy atom. The summed E-state index contributed by atoms with van der Waals surface area (Å²) in [4.78, 5) is 8.20. The van der Waals surface area contributed by atoms with Gasteiger partial charge in [-0.25, -0.2) is 13.8 Å². The predicted octanol–water partition coefficient (Wildman–Crippen LogP) is 1.61. The number of fused-ring (bicyclic) bond motifs is 1. The number of nitrogens with one attached hydrogen (secondary N) is 1. The van der Waals surface area contributed by atoms with E-state index in [1.807, 2.05) is 0 Å². The molecule has 0 bridgehead atoms. The van der Waals surface area contributed by atoms with Crippen molar-refractivity contribution in [2.75, 3.05) is 11.9 Å². The molecule has 0 unspecified atom stereocenters. The number of halogens is 2. The molecule has 0 atom stereocenters. The Kier molecular flexibility index (Phi) is 3.20. The van der Waals surface area contributed by atoms with Crippen molar-refractivity contribution >= 4 is 16.9 Å². The summed E-state index contributed by atoms with van der Waals surface area (Å²) >= 11 is 0. The Morgan fingerprint density at radius 3 is 2.70 bits per heavy atom. The molecule has 102 valence electrons. The maximum atomic E-state index is 13.1. The maximum Gasteiger partial charge on any atom is 0.161 e. The second-order valence-corrected chi connectivity index (χ2v) is 4.10. The van der Waals surface area contributed by atoms with E-state index in [0.29, 0.717) is 29.9 Å². The fourth-order valence-corrected chi connectivity index (χ4v) is 1.74. The maximum absolute atomic E-state index is 13.1. The lowest BCUT2D eigenvalue weighted by molar-refractivity contribution is 0.510. The monoisotopic (exact) mass is 276 g/mol. The van der Waals surface area contributed by atoms with Gasteiger partial charge in [0.2, 0.25) is 0 Å². The van der Waals surface area contributed by atoms with E-state index >= 15 is 0 Å². The van der Waals surface area contributed by atoms with Crippen molar-refractivity contribution in [3.05, 3.63) is 42.4 Å². The molecule has 0 saturated carbocycles. The van der Waals surface area contributed by atoms with Crippen molar-refractivity contribution in [1.82, 2.24) is 25.0 Å². The fourth-order valence-electron chi connectivity index (χ4n) is 1.74. The van der Waals surface area contributed by atoms with Crippen LogP contribution < -0.4 is 5.32 Å². The second kappa shape index (κ2) is 5.16. The van der Waals surface area contributed by atoms with Crippen molar-refractivity contribution in [1.29, 1.82) is 0 Å². The van der Waals surface area contributed by atoms with Crippen LogP contribution in [-0.2, 0) is 6.54 Å². The van der Waals surface area contributed by atoms with Crippen LogP contribution in [0.25, 0.3) is 11.0 Å². The first kappa shape index (κ1) is 12.4. The van der Waals surface area contributed by atoms with Crippen LogP contribution in [-0.4, -0.2) is 31.5 Å². The van der Waals surface area contributed by atoms with E-state index in [4.69, 9.17) is 0 Å². The zero-order valence-electron chi connectivity index (χ0n) is 10.3. The van der Waals surface area contributed by atoms with Crippen LogP contribution in [0.15, 0.2) is 30.7 Å². The van der Waals surface area contributed by atoms with Gasteiger partial charge < -0.3 is 5.32 Å². The van der Waals surface area contributed by atoms with E-state index in [2.05, 4.69) is 25.6 Å². The molecule has 1 N–H and O–H groups in total. The third-order valence-electron chi connectivity index (χ3n) is 2.70. The standard InChI is InChI=1S/C12H10F2N6/c13-8-5-10-11(6-9(8)14)18-12(7-16-10)15-1-3-20-4-2-17-19-20/h2,4-7H,1,3H2,(H,15,18). The Morgan fingerprint density at radius 2 is 1.95 bits per heavy atom. The predicted molar refractivity (Wildman–Crippen MR) is 68.0 cm³/mol. The van der Waals surface area contributed by atoms with Crippen molar-refractivity contribution in [2.24, 2.45) is 0 Å². The highest BCUT2D eigenvalue weighted by Gasteiger charge is 2.06. The van der Waals surface area contributed by atoms with Crippen LogP contribution in [0.5, 0.6) is 0 Å². The number of aromatic nitrogens is 5. The molecule has 3 rings (SSSR count). The van der Waals surface area contributed by atoms with Gasteiger partial charge in [0.25, 0.3) is 0 Å². The molecule has 0 aliphatic carbocycles. The third-order valence-corrected chi connectivity index (χ3v) is 2.70. The first-order valence-corrected chi connectivity index (χ1v) is 5.92. The number of hydrogen-bond acceptors (Lipinski definition) is 5. The van der Waals surface area contributed by atoms with Crippen LogP contribution >= 0.6 is 0 Å². The zero-order valence-corrected chi connectivity index (χ0v) is 10.3. The Bertz CT molecular complexity index is 728. The molecule has 2 heterocycles. The quantitative estimate of drug-likeness (QED) is 0.784. The molecule has 0 radical (unpaired) electrons. The van der Waals surface area contributed by atoms with E-state index in [1.165, 1.54) is 6.20 Å². The SMILES string of the molecule is Fc1cc2ncc(NCCn3ccnn3)nc2cc1F. The highest BCUT2D eigenvalue weighted by Crippen LogP contribution is 2.16. The average molecular weight is 276 g/mol. The van der Waals surface area contributed by atoms with Gasteiger partial charge in [0.15, 0.2) is 11.6 Å². The molecular formula is C12H10F2N6. The summed E-state index contributed by atoms with van der Waals surface area (Å²) in [6, 6.07) is 2.05. The number of nitrogens with zero attached hydrogens (tertiary/aromatic N) is 5. The first-order valence-electron chi connectivity index (χ1n) is 5.92. The van der Waals surface area contributed by atoms with Gasteiger partial charge >= 0.3 is 0 Å². The summed E-state index contributed by atoms with van der Waals surface area (Å²) in [5.74, 6) is -1.38. The second-order valence-electron chi connectivity index (χ2n) is 4.10. The van der Waals surface area contributed by atoms with Gasteiger partial charge in [-0.1, -0.05) is 5.21 Å². The van der Waals surface area contributed by atoms with Crippen molar-refractivity contribution < 1.29 is 8.78 Å². The van der Waals surface area contributed by atoms with Gasteiger partial charge in [-0.3, -0.25) is 9.67 Å². The minimum atomic E-state index is -0.938. The van der Waals surface area contributed by atoms with E-state index in [1.54, 1.807) is 17.1 Å². The number of hydrogen-bond donors (Lipinski definition) is 1. The molecular weight excluding hydrogens is 266 g/mol. The summed E-state index contributed by atoms with van der Waals surface area (Å²) in [5, 5.41) is 10.5. The van der Waals surface area contributed by atoms with Gasteiger partial charge in [0.1, 0.15) is 5.82 Å². The van der Waals surface area contributed by atoms with E-state index in [-0.39, 0.29) is 0 Å². The number of anilines is 1. The summed E-state index contributed by atoms with van der Waals surface area (Å²) in [6.07, 6.45) is 4.81. The Hall–Kier alpha value is -2.64. The van der Waals surface area contributed by atoms with Crippen LogP contribution in [0.2, 0.25) is 0 Å². The molecule has 6 nitrogen and oxygen atoms in total. The van der Waals surface area contributed by atoms with Crippen LogP contribution in [0, 0.1) is 11.6 Å². The summed E-state index contributed by atoms with van der Waals surface area (Å²) < 4.78 is 27.8. The molecule has 2 aromatic heterocycles. The minimum Gasteiger partial charge on any atom is -0.367 e. The molecule has 0 aliphatic rings. The Labute approximate surface area is 112 Å². The fraction of sp³-hybridized carbons (Fsp3) is 0.167. The van der Waals surface area contributed by atoms with Gasteiger partial charge in [-0.15, -0.1) is 5.10 Å². The summed E-state index contributed by atoms with van der Waals surface area (Å²) in [7, 11) is 0. The summed E-state index contributed by atoms with van der Waals surface area (Å²) in [5.41, 5.74) is 0.611. The van der Waals surface area contributed by atoms with Gasteiger partial charge in [-0.2, -0.15) is 0 Å². The van der Waals surface area contributed by atoms with Crippen LogP contribution in [0.1, 0.15) is 0 Å². The van der Waals surface area contributed by atoms with Gasteiger partial charge in [0.05, 0.1) is 30.0 Å². The summed E-state index contributed by atoms with van der Waals surface area (Å²) in [6.45, 7) is 1.17. The Balaban J connectivity index is 1.73. The van der Waals surface area contributed by atoms with Gasteiger partial charge in [0, 0.05) is 24.9 Å². The lowest BCUT2D eigenvalue weighted by Crippen LogP contribution is -2.12. The molecule has 0 fully saturated rings. The third kappa shape index (κ3) is 2.53. The van der Waals surface area contributed by atoms with E-state index < -0.39 is 11.6 Å². The van der Waals surface area contributed by atoms with Crippen LogP contribution in [0.3, 0.4) is 0 Å². The molecule has 20 heavy (non-hydrogen) atoms. The zero-order chi connectivity index (χ0) is 13.9. The average Bonchev–Trinajstić information content (AvgIpc) is 2.93. The van der Waals surface area contributed by atoms with Gasteiger partial charge in [-0.05, 0) is 0 Å². The van der Waals surface area contributed by atoms with Crippen molar-refractivity contribution in [3.8, 4) is 0 Å². The van der Waals surface area contributed by atoms with E-state index in [9.17, 15) is 8.78 Å². The largest absolute Gasteiger partial charge is 0.367 e. The smallest absolute Gasteiger partial charge is 0.161 e. The lowest BCUT2D eigenvalue weighted by atomic mass is 10.3. The molecule has 0 amide bonds. The molecule has 1 aromatic carbocycles. The van der Waals surface area contributed by atoms with Crippen molar-refractivity contribution in [2.45, 2.75) is 6.54 Å².